The van der Waals surface area contributed by atoms with Gasteiger partial charge in [0.15, 0.2) is 0 Å². The Kier molecular flexibility index (Phi) is 4.71. The number of halogens is 3. The summed E-state index contributed by atoms with van der Waals surface area (Å²) >= 11 is 0. The molecule has 2 N–H and O–H groups in total. The van der Waals surface area contributed by atoms with Crippen LogP contribution in [0.15, 0.2) is 60.9 Å². The number of alkyl halides is 3. The molecule has 0 spiro atoms. The lowest BCUT2D eigenvalue weighted by Gasteiger charge is -2.11. The van der Waals surface area contributed by atoms with Gasteiger partial charge in [0.05, 0.1) is 16.8 Å². The Balaban J connectivity index is 1.76. The summed E-state index contributed by atoms with van der Waals surface area (Å²) in [5.41, 5.74) is 0.791. The van der Waals surface area contributed by atoms with Gasteiger partial charge in [-0.05, 0) is 36.4 Å². The number of rotatable bonds is 4. The summed E-state index contributed by atoms with van der Waals surface area (Å²) < 4.78 is 37.8. The molecule has 3 aromatic rings. The second-order valence-electron chi connectivity index (χ2n) is 5.27. The van der Waals surface area contributed by atoms with E-state index >= 15 is 0 Å². The molecule has 0 aliphatic heterocycles. The standard InChI is InChI=1S/C18H12F3N5/c19-18(20,21)13-5-7-14(8-6-13)25-16-9-17(24-11-23-16)26-15-4-2-1-3-12(15)10-22/h1-9,11H,(H2,23,24,25,26). The van der Waals surface area contributed by atoms with Crippen LogP contribution in [0.25, 0.3) is 0 Å². The van der Waals surface area contributed by atoms with Gasteiger partial charge in [0.1, 0.15) is 24.0 Å². The molecule has 8 heteroatoms. The Morgan fingerprint density at radius 2 is 1.54 bits per heavy atom. The van der Waals surface area contributed by atoms with Gasteiger partial charge in [-0.1, -0.05) is 12.1 Å². The molecule has 0 amide bonds. The Morgan fingerprint density at radius 3 is 2.19 bits per heavy atom. The van der Waals surface area contributed by atoms with E-state index in [4.69, 9.17) is 5.26 Å². The molecule has 3 rings (SSSR count). The summed E-state index contributed by atoms with van der Waals surface area (Å²) in [6.07, 6.45) is -3.07. The molecule has 1 heterocycles. The highest BCUT2D eigenvalue weighted by Gasteiger charge is 2.29. The predicted octanol–water partition coefficient (Wildman–Crippen LogP) is 4.85. The number of nitrogens with one attached hydrogen (secondary N) is 2. The number of nitriles is 1. The third-order valence-corrected chi connectivity index (χ3v) is 3.46. The first-order valence-electron chi connectivity index (χ1n) is 7.48. The molecule has 1 aromatic heterocycles. The highest BCUT2D eigenvalue weighted by atomic mass is 19.4. The van der Waals surface area contributed by atoms with Crippen molar-refractivity contribution in [2.75, 3.05) is 10.6 Å². The largest absolute Gasteiger partial charge is 0.416 e. The van der Waals surface area contributed by atoms with Crippen molar-refractivity contribution < 1.29 is 13.2 Å². The molecule has 0 radical (unpaired) electrons. The molecule has 0 bridgehead atoms. The van der Waals surface area contributed by atoms with E-state index in [1.165, 1.54) is 18.5 Å². The van der Waals surface area contributed by atoms with E-state index in [0.717, 1.165) is 12.1 Å². The van der Waals surface area contributed by atoms with Gasteiger partial charge in [0.25, 0.3) is 0 Å². The van der Waals surface area contributed by atoms with Crippen LogP contribution in [0, 0.1) is 11.3 Å². The van der Waals surface area contributed by atoms with E-state index in [2.05, 4.69) is 26.7 Å². The second kappa shape index (κ2) is 7.11. The quantitative estimate of drug-likeness (QED) is 0.699. The van der Waals surface area contributed by atoms with Crippen molar-refractivity contribution in [1.29, 1.82) is 5.26 Å². The predicted molar refractivity (Wildman–Crippen MR) is 91.2 cm³/mol. The number of hydrogen-bond donors (Lipinski definition) is 2. The zero-order valence-electron chi connectivity index (χ0n) is 13.2. The van der Waals surface area contributed by atoms with E-state index in [9.17, 15) is 13.2 Å². The smallest absolute Gasteiger partial charge is 0.340 e. The van der Waals surface area contributed by atoms with Gasteiger partial charge < -0.3 is 10.6 Å². The van der Waals surface area contributed by atoms with Crippen molar-refractivity contribution in [3.05, 3.63) is 72.1 Å². The van der Waals surface area contributed by atoms with E-state index in [-0.39, 0.29) is 0 Å². The van der Waals surface area contributed by atoms with Crippen molar-refractivity contribution in [3.8, 4) is 6.07 Å². The molecule has 5 nitrogen and oxygen atoms in total. The van der Waals surface area contributed by atoms with Crippen molar-refractivity contribution in [2.24, 2.45) is 0 Å². The maximum atomic E-state index is 12.6. The molecule has 0 saturated heterocycles. The molecule has 0 fully saturated rings. The van der Waals surface area contributed by atoms with Crippen LogP contribution in [0.4, 0.5) is 36.2 Å². The molecule has 130 valence electrons. The molecule has 0 atom stereocenters. The molecular weight excluding hydrogens is 343 g/mol. The Labute approximate surface area is 147 Å². The first kappa shape index (κ1) is 17.2. The lowest BCUT2D eigenvalue weighted by molar-refractivity contribution is -0.137. The number of anilines is 4. The minimum absolute atomic E-state index is 0.400. The fourth-order valence-corrected chi connectivity index (χ4v) is 2.21. The van der Waals surface area contributed by atoms with Gasteiger partial charge in [-0.25, -0.2) is 9.97 Å². The molecule has 0 aliphatic rings. The molecule has 2 aromatic carbocycles. The summed E-state index contributed by atoms with van der Waals surface area (Å²) in [7, 11) is 0. The molecule has 0 aliphatic carbocycles. The minimum atomic E-state index is -4.38. The van der Waals surface area contributed by atoms with Crippen LogP contribution >= 0.6 is 0 Å². The Bertz CT molecular complexity index is 946. The number of benzene rings is 2. The van der Waals surface area contributed by atoms with Crippen LogP contribution in [0.5, 0.6) is 0 Å². The van der Waals surface area contributed by atoms with E-state index in [1.807, 2.05) is 0 Å². The third-order valence-electron chi connectivity index (χ3n) is 3.46. The Hall–Kier alpha value is -3.60. The lowest BCUT2D eigenvalue weighted by atomic mass is 10.2. The van der Waals surface area contributed by atoms with Crippen LogP contribution in [0.3, 0.4) is 0 Å². The van der Waals surface area contributed by atoms with E-state index in [0.29, 0.717) is 28.6 Å². The summed E-state index contributed by atoms with van der Waals surface area (Å²) in [4.78, 5) is 8.12. The van der Waals surface area contributed by atoms with Crippen LogP contribution in [-0.2, 0) is 6.18 Å². The normalized spacial score (nSPS) is 10.8. The van der Waals surface area contributed by atoms with Gasteiger partial charge in [-0.3, -0.25) is 0 Å². The Morgan fingerprint density at radius 1 is 0.885 bits per heavy atom. The lowest BCUT2D eigenvalue weighted by Crippen LogP contribution is -2.04. The molecule has 0 unspecified atom stereocenters. The third kappa shape index (κ3) is 4.08. The number of para-hydroxylation sites is 1. The molecular formula is C18H12F3N5. The monoisotopic (exact) mass is 355 g/mol. The van der Waals surface area contributed by atoms with Crippen LogP contribution in [0.2, 0.25) is 0 Å². The van der Waals surface area contributed by atoms with Gasteiger partial charge in [-0.15, -0.1) is 0 Å². The summed E-state index contributed by atoms with van der Waals surface area (Å²) in [5, 5.41) is 15.0. The van der Waals surface area contributed by atoms with Crippen molar-refractivity contribution >= 4 is 23.0 Å². The maximum Gasteiger partial charge on any atom is 0.416 e. The highest BCUT2D eigenvalue weighted by Crippen LogP contribution is 2.30. The first-order chi connectivity index (χ1) is 12.5. The van der Waals surface area contributed by atoms with E-state index < -0.39 is 11.7 Å². The second-order valence-corrected chi connectivity index (χ2v) is 5.27. The summed E-state index contributed by atoms with van der Waals surface area (Å²) in [6.45, 7) is 0. The average Bonchev–Trinajstić information content (AvgIpc) is 2.62. The molecule has 0 saturated carbocycles. The van der Waals surface area contributed by atoms with E-state index in [1.54, 1.807) is 30.3 Å². The van der Waals surface area contributed by atoms with Crippen molar-refractivity contribution in [1.82, 2.24) is 9.97 Å². The zero-order chi connectivity index (χ0) is 18.6. The minimum Gasteiger partial charge on any atom is -0.340 e. The number of aromatic nitrogens is 2. The fourth-order valence-electron chi connectivity index (χ4n) is 2.21. The SMILES string of the molecule is N#Cc1ccccc1Nc1cc(Nc2ccc(C(F)(F)F)cc2)ncn1. The van der Waals surface area contributed by atoms with Gasteiger partial charge >= 0.3 is 6.18 Å². The van der Waals surface area contributed by atoms with Crippen LogP contribution in [0.1, 0.15) is 11.1 Å². The first-order valence-corrected chi connectivity index (χ1v) is 7.48. The van der Waals surface area contributed by atoms with Gasteiger partial charge in [0, 0.05) is 11.8 Å². The van der Waals surface area contributed by atoms with Gasteiger partial charge in [0.2, 0.25) is 0 Å². The van der Waals surface area contributed by atoms with Gasteiger partial charge in [-0.2, -0.15) is 18.4 Å². The average molecular weight is 355 g/mol. The van der Waals surface area contributed by atoms with Crippen LogP contribution < -0.4 is 10.6 Å². The maximum absolute atomic E-state index is 12.6. The van der Waals surface area contributed by atoms with Crippen molar-refractivity contribution in [3.63, 3.8) is 0 Å². The fraction of sp³-hybridized carbons (Fsp3) is 0.0556. The topological polar surface area (TPSA) is 73.6 Å². The van der Waals surface area contributed by atoms with Crippen molar-refractivity contribution in [2.45, 2.75) is 6.18 Å². The highest BCUT2D eigenvalue weighted by molar-refractivity contribution is 5.67. The van der Waals surface area contributed by atoms with Crippen LogP contribution in [-0.4, -0.2) is 9.97 Å². The summed E-state index contributed by atoms with van der Waals surface area (Å²) in [6, 6.07) is 15.2. The summed E-state index contributed by atoms with van der Waals surface area (Å²) in [5.74, 6) is 0.841. The number of hydrogen-bond acceptors (Lipinski definition) is 5. The zero-order valence-corrected chi connectivity index (χ0v) is 13.2. The number of nitrogens with zero attached hydrogens (tertiary/aromatic N) is 3. The molecule has 26 heavy (non-hydrogen) atoms.